The summed E-state index contributed by atoms with van der Waals surface area (Å²) in [7, 11) is 1.27. The number of methoxy groups -OCH3 is 1. The third-order valence-electron chi connectivity index (χ3n) is 3.35. The van der Waals surface area contributed by atoms with Gasteiger partial charge in [0.15, 0.2) is 0 Å². The van der Waals surface area contributed by atoms with E-state index in [0.29, 0.717) is 5.69 Å². The van der Waals surface area contributed by atoms with Gasteiger partial charge in [-0.25, -0.2) is 0 Å². The number of carbonyl (C=O) groups is 2. The van der Waals surface area contributed by atoms with Crippen molar-refractivity contribution < 1.29 is 19.2 Å². The van der Waals surface area contributed by atoms with Crippen molar-refractivity contribution in [3.05, 3.63) is 33.9 Å². The molecule has 1 atom stereocenters. The monoisotopic (exact) mass is 278 g/mol. The summed E-state index contributed by atoms with van der Waals surface area (Å²) in [4.78, 5) is 35.2. The van der Waals surface area contributed by atoms with Crippen molar-refractivity contribution >= 4 is 23.3 Å². The molecule has 0 aromatic heterocycles. The van der Waals surface area contributed by atoms with E-state index in [9.17, 15) is 19.7 Å². The number of aryl methyl sites for hydroxylation is 1. The molecule has 20 heavy (non-hydrogen) atoms. The number of esters is 1. The first-order valence-corrected chi connectivity index (χ1v) is 6.07. The number of carbonyl (C=O) groups excluding carboxylic acids is 2. The minimum absolute atomic E-state index is 0.0643. The molecule has 0 saturated carbocycles. The lowest BCUT2D eigenvalue weighted by Crippen LogP contribution is -2.26. The number of nitrogens with zero attached hydrogens (tertiary/aromatic N) is 2. The zero-order valence-electron chi connectivity index (χ0n) is 11.2. The number of nitro benzene ring substituents is 1. The molecule has 7 heteroatoms. The van der Waals surface area contributed by atoms with Crippen LogP contribution in [0.2, 0.25) is 0 Å². The van der Waals surface area contributed by atoms with Gasteiger partial charge in [-0.1, -0.05) is 6.07 Å². The molecule has 1 aliphatic rings. The average Bonchev–Trinajstić information content (AvgIpc) is 2.80. The first kappa shape index (κ1) is 14.0. The van der Waals surface area contributed by atoms with E-state index in [0.717, 1.165) is 5.56 Å². The molecule has 2 rings (SSSR count). The molecule has 1 heterocycles. The quantitative estimate of drug-likeness (QED) is 0.474. The van der Waals surface area contributed by atoms with Gasteiger partial charge in [0.25, 0.3) is 5.69 Å². The van der Waals surface area contributed by atoms with E-state index in [4.69, 9.17) is 0 Å². The van der Waals surface area contributed by atoms with Crippen LogP contribution in [-0.2, 0) is 14.3 Å². The van der Waals surface area contributed by atoms with Crippen LogP contribution in [0.1, 0.15) is 12.0 Å². The topological polar surface area (TPSA) is 89.8 Å². The van der Waals surface area contributed by atoms with Crippen molar-refractivity contribution in [2.75, 3.05) is 18.6 Å². The van der Waals surface area contributed by atoms with Gasteiger partial charge in [-0.3, -0.25) is 19.7 Å². The van der Waals surface area contributed by atoms with Crippen molar-refractivity contribution in [2.24, 2.45) is 5.92 Å². The number of ether oxygens (including phenoxy) is 1. The maximum atomic E-state index is 12.0. The van der Waals surface area contributed by atoms with Gasteiger partial charge in [-0.15, -0.1) is 0 Å². The number of anilines is 1. The van der Waals surface area contributed by atoms with E-state index in [-0.39, 0.29) is 24.6 Å². The summed E-state index contributed by atoms with van der Waals surface area (Å²) in [5, 5.41) is 10.8. The third kappa shape index (κ3) is 2.47. The molecule has 1 aromatic carbocycles. The van der Waals surface area contributed by atoms with Crippen molar-refractivity contribution in [2.45, 2.75) is 13.3 Å². The minimum Gasteiger partial charge on any atom is -0.469 e. The molecular weight excluding hydrogens is 264 g/mol. The number of hydrogen-bond donors (Lipinski definition) is 0. The van der Waals surface area contributed by atoms with E-state index in [1.165, 1.54) is 24.1 Å². The zero-order valence-corrected chi connectivity index (χ0v) is 11.2. The standard InChI is InChI=1S/C13H14N2O5/c1-8-3-4-10(15(18)19)6-11(8)14-7-9(5-12(14)16)13(17)20-2/h3-4,6,9H,5,7H2,1-2H3/t9-/m1/s1. The Morgan fingerprint density at radius 3 is 2.80 bits per heavy atom. The maximum Gasteiger partial charge on any atom is 0.311 e. The minimum atomic E-state index is -0.522. The van der Waals surface area contributed by atoms with E-state index in [1.54, 1.807) is 13.0 Å². The first-order chi connectivity index (χ1) is 9.43. The Balaban J connectivity index is 2.32. The smallest absolute Gasteiger partial charge is 0.311 e. The second kappa shape index (κ2) is 5.28. The Labute approximate surface area is 115 Å². The number of amides is 1. The van der Waals surface area contributed by atoms with Crippen LogP contribution >= 0.6 is 0 Å². The van der Waals surface area contributed by atoms with Crippen LogP contribution in [0, 0.1) is 23.0 Å². The lowest BCUT2D eigenvalue weighted by Gasteiger charge is -2.18. The Morgan fingerprint density at radius 1 is 1.50 bits per heavy atom. The predicted molar refractivity (Wildman–Crippen MR) is 70.3 cm³/mol. The van der Waals surface area contributed by atoms with E-state index < -0.39 is 16.8 Å². The summed E-state index contributed by atoms with van der Waals surface area (Å²) in [6.07, 6.45) is 0.0643. The van der Waals surface area contributed by atoms with Crippen molar-refractivity contribution in [3.8, 4) is 0 Å². The van der Waals surface area contributed by atoms with E-state index in [2.05, 4.69) is 4.74 Å². The van der Waals surface area contributed by atoms with Crippen LogP contribution < -0.4 is 4.90 Å². The highest BCUT2D eigenvalue weighted by Crippen LogP contribution is 2.31. The maximum absolute atomic E-state index is 12.0. The lowest BCUT2D eigenvalue weighted by molar-refractivity contribution is -0.384. The number of non-ortho nitro benzene ring substituents is 1. The van der Waals surface area contributed by atoms with Gasteiger partial charge in [0, 0.05) is 25.1 Å². The van der Waals surface area contributed by atoms with Gasteiger partial charge in [0.2, 0.25) is 5.91 Å². The second-order valence-corrected chi connectivity index (χ2v) is 4.66. The molecule has 1 fully saturated rings. The molecule has 0 unspecified atom stereocenters. The highest BCUT2D eigenvalue weighted by molar-refractivity contribution is 6.00. The van der Waals surface area contributed by atoms with Gasteiger partial charge in [0.1, 0.15) is 0 Å². The summed E-state index contributed by atoms with van der Waals surface area (Å²) in [6.45, 7) is 1.95. The van der Waals surface area contributed by atoms with Crippen molar-refractivity contribution in [3.63, 3.8) is 0 Å². The molecule has 1 aliphatic heterocycles. The molecule has 1 saturated heterocycles. The normalized spacial score (nSPS) is 18.2. The van der Waals surface area contributed by atoms with Crippen LogP contribution in [0.25, 0.3) is 0 Å². The summed E-state index contributed by atoms with van der Waals surface area (Å²) in [6, 6.07) is 4.33. The molecular formula is C13H14N2O5. The van der Waals surface area contributed by atoms with E-state index >= 15 is 0 Å². The summed E-state index contributed by atoms with van der Waals surface area (Å²) >= 11 is 0. The number of benzene rings is 1. The van der Waals surface area contributed by atoms with Crippen LogP contribution in [0.15, 0.2) is 18.2 Å². The molecule has 0 aliphatic carbocycles. The Hall–Kier alpha value is -2.44. The van der Waals surface area contributed by atoms with Crippen molar-refractivity contribution in [1.82, 2.24) is 0 Å². The van der Waals surface area contributed by atoms with Gasteiger partial charge < -0.3 is 9.64 Å². The Morgan fingerprint density at radius 2 is 2.20 bits per heavy atom. The average molecular weight is 278 g/mol. The fourth-order valence-electron chi connectivity index (χ4n) is 2.27. The molecule has 1 amide bonds. The Kier molecular flexibility index (Phi) is 3.69. The van der Waals surface area contributed by atoms with Crippen LogP contribution in [0.3, 0.4) is 0 Å². The van der Waals surface area contributed by atoms with Crippen LogP contribution in [0.5, 0.6) is 0 Å². The lowest BCUT2D eigenvalue weighted by atomic mass is 10.1. The Bertz CT molecular complexity index is 584. The fourth-order valence-corrected chi connectivity index (χ4v) is 2.27. The van der Waals surface area contributed by atoms with Crippen LogP contribution in [-0.4, -0.2) is 30.5 Å². The molecule has 0 N–H and O–H groups in total. The van der Waals surface area contributed by atoms with Gasteiger partial charge in [-0.05, 0) is 12.5 Å². The SMILES string of the molecule is COC(=O)[C@@H]1CC(=O)N(c2cc([N+](=O)[O-])ccc2C)C1. The fraction of sp³-hybridized carbons (Fsp3) is 0.385. The second-order valence-electron chi connectivity index (χ2n) is 4.66. The van der Waals surface area contributed by atoms with Crippen molar-refractivity contribution in [1.29, 1.82) is 0 Å². The zero-order chi connectivity index (χ0) is 14.9. The molecule has 0 spiro atoms. The van der Waals surface area contributed by atoms with Gasteiger partial charge in [0.05, 0.1) is 23.6 Å². The highest BCUT2D eigenvalue weighted by atomic mass is 16.6. The molecule has 0 bridgehead atoms. The molecule has 106 valence electrons. The summed E-state index contributed by atoms with van der Waals surface area (Å²) in [5.74, 6) is -1.20. The number of nitro groups is 1. The van der Waals surface area contributed by atoms with Gasteiger partial charge in [-0.2, -0.15) is 0 Å². The number of hydrogen-bond acceptors (Lipinski definition) is 5. The van der Waals surface area contributed by atoms with E-state index in [1.807, 2.05) is 0 Å². The summed E-state index contributed by atoms with van der Waals surface area (Å²) in [5.41, 5.74) is 1.13. The highest BCUT2D eigenvalue weighted by Gasteiger charge is 2.36. The first-order valence-electron chi connectivity index (χ1n) is 6.07. The third-order valence-corrected chi connectivity index (χ3v) is 3.35. The molecule has 7 nitrogen and oxygen atoms in total. The number of rotatable bonds is 3. The van der Waals surface area contributed by atoms with Crippen LogP contribution in [0.4, 0.5) is 11.4 Å². The summed E-state index contributed by atoms with van der Waals surface area (Å²) < 4.78 is 4.63. The molecule has 0 radical (unpaired) electrons. The predicted octanol–water partition coefficient (Wildman–Crippen LogP) is 1.43. The molecule has 1 aromatic rings. The largest absolute Gasteiger partial charge is 0.469 e. The van der Waals surface area contributed by atoms with Gasteiger partial charge >= 0.3 is 5.97 Å².